The Morgan fingerprint density at radius 2 is 1.89 bits per heavy atom. The molecule has 0 saturated carbocycles. The molecule has 8 nitrogen and oxygen atoms in total. The molecule has 0 aliphatic carbocycles. The third-order valence-electron chi connectivity index (χ3n) is 5.10. The van der Waals surface area contributed by atoms with Crippen molar-refractivity contribution in [2.24, 2.45) is 4.99 Å². The van der Waals surface area contributed by atoms with Crippen LogP contribution in [0, 0.1) is 0 Å². The first-order valence-corrected chi connectivity index (χ1v) is 9.44. The van der Waals surface area contributed by atoms with Gasteiger partial charge in [-0.3, -0.25) is 4.99 Å². The Kier molecular flexibility index (Phi) is 8.97. The van der Waals surface area contributed by atoms with Crippen LogP contribution in [0.25, 0.3) is 0 Å². The number of piperazine rings is 1. The average Bonchev–Trinajstić information content (AvgIpc) is 2.72. The van der Waals surface area contributed by atoms with Gasteiger partial charge in [-0.1, -0.05) is 0 Å². The second kappa shape index (κ2) is 11.0. The molecule has 3 heterocycles. The van der Waals surface area contributed by atoms with Crippen molar-refractivity contribution >= 4 is 35.9 Å². The molecule has 152 valence electrons. The van der Waals surface area contributed by atoms with Gasteiger partial charge < -0.3 is 24.6 Å². The quantitative estimate of drug-likeness (QED) is 0.380. The van der Waals surface area contributed by atoms with Crippen LogP contribution in [-0.4, -0.2) is 86.0 Å². The summed E-state index contributed by atoms with van der Waals surface area (Å²) >= 11 is 0. The second-order valence-electron chi connectivity index (χ2n) is 6.69. The topological polar surface area (TPSA) is 75.1 Å². The Hall–Kier alpha value is -1.20. The molecule has 0 bridgehead atoms. The Bertz CT molecular complexity index is 574. The van der Waals surface area contributed by atoms with Gasteiger partial charge in [0, 0.05) is 78.3 Å². The summed E-state index contributed by atoms with van der Waals surface area (Å²) in [5.41, 5.74) is -0.196. The van der Waals surface area contributed by atoms with E-state index in [1.165, 1.54) is 0 Å². The van der Waals surface area contributed by atoms with Crippen LogP contribution in [-0.2, 0) is 9.47 Å². The van der Waals surface area contributed by atoms with Gasteiger partial charge in [-0.2, -0.15) is 0 Å². The van der Waals surface area contributed by atoms with Crippen molar-refractivity contribution in [3.8, 4) is 0 Å². The predicted octanol–water partition coefficient (Wildman–Crippen LogP) is 1.38. The highest BCUT2D eigenvalue weighted by Gasteiger charge is 2.33. The molecule has 0 unspecified atom stereocenters. The maximum atomic E-state index is 5.81. The van der Waals surface area contributed by atoms with Crippen LogP contribution < -0.4 is 10.2 Å². The van der Waals surface area contributed by atoms with E-state index in [9.17, 15) is 0 Å². The number of ether oxygens (including phenoxy) is 2. The summed E-state index contributed by atoms with van der Waals surface area (Å²) in [6, 6.07) is 1.84. The average molecular weight is 490 g/mol. The Morgan fingerprint density at radius 1 is 1.22 bits per heavy atom. The van der Waals surface area contributed by atoms with E-state index in [4.69, 9.17) is 14.5 Å². The molecule has 3 rings (SSSR count). The molecule has 1 N–H and O–H groups in total. The van der Waals surface area contributed by atoms with Gasteiger partial charge in [0.15, 0.2) is 5.96 Å². The Labute approximate surface area is 178 Å². The van der Waals surface area contributed by atoms with Crippen molar-refractivity contribution in [3.05, 3.63) is 18.5 Å². The van der Waals surface area contributed by atoms with E-state index >= 15 is 0 Å². The summed E-state index contributed by atoms with van der Waals surface area (Å²) in [4.78, 5) is 18.1. The zero-order valence-corrected chi connectivity index (χ0v) is 18.6. The minimum atomic E-state index is -0.196. The van der Waals surface area contributed by atoms with E-state index in [0.717, 1.165) is 70.7 Å². The smallest absolute Gasteiger partial charge is 0.225 e. The number of guanidine groups is 1. The third kappa shape index (κ3) is 5.89. The fourth-order valence-electron chi connectivity index (χ4n) is 3.39. The first kappa shape index (κ1) is 22.1. The van der Waals surface area contributed by atoms with E-state index in [-0.39, 0.29) is 29.6 Å². The maximum absolute atomic E-state index is 5.81. The van der Waals surface area contributed by atoms with Gasteiger partial charge in [0.25, 0.3) is 0 Å². The minimum absolute atomic E-state index is 0. The molecule has 2 fully saturated rings. The van der Waals surface area contributed by atoms with Crippen molar-refractivity contribution in [1.29, 1.82) is 0 Å². The van der Waals surface area contributed by atoms with Gasteiger partial charge in [0.1, 0.15) is 0 Å². The number of hydrogen-bond donors (Lipinski definition) is 1. The molecule has 0 atom stereocenters. The first-order valence-electron chi connectivity index (χ1n) is 9.44. The summed E-state index contributed by atoms with van der Waals surface area (Å²) in [6.45, 7) is 8.67. The lowest BCUT2D eigenvalue weighted by Gasteiger charge is -2.38. The molecule has 1 aromatic heterocycles. The molecule has 0 radical (unpaired) electrons. The van der Waals surface area contributed by atoms with Gasteiger partial charge >= 0.3 is 0 Å². The SMILES string of the molecule is CCNC(=NCC1(OC)CCOCC1)N1CCN(c2ncccn2)CC1.I. The van der Waals surface area contributed by atoms with Crippen LogP contribution in [0.2, 0.25) is 0 Å². The molecule has 2 aliphatic heterocycles. The normalized spacial score (nSPS) is 20.1. The predicted molar refractivity (Wildman–Crippen MR) is 117 cm³/mol. The van der Waals surface area contributed by atoms with Crippen LogP contribution in [0.4, 0.5) is 5.95 Å². The molecule has 0 aromatic carbocycles. The minimum Gasteiger partial charge on any atom is -0.381 e. The molecule has 27 heavy (non-hydrogen) atoms. The lowest BCUT2D eigenvalue weighted by atomic mass is 9.94. The van der Waals surface area contributed by atoms with Gasteiger partial charge in [-0.05, 0) is 13.0 Å². The number of halogens is 1. The first-order chi connectivity index (χ1) is 12.8. The van der Waals surface area contributed by atoms with E-state index < -0.39 is 0 Å². The molecule has 1 aromatic rings. The zero-order chi connectivity index (χ0) is 18.2. The number of aromatic nitrogens is 2. The van der Waals surface area contributed by atoms with Crippen LogP contribution in [0.15, 0.2) is 23.5 Å². The zero-order valence-electron chi connectivity index (χ0n) is 16.3. The van der Waals surface area contributed by atoms with E-state index in [0.29, 0.717) is 6.54 Å². The summed E-state index contributed by atoms with van der Waals surface area (Å²) in [5, 5.41) is 3.43. The molecule has 0 spiro atoms. The highest BCUT2D eigenvalue weighted by Crippen LogP contribution is 2.25. The molecular formula is C18H31IN6O2. The number of nitrogens with zero attached hydrogens (tertiary/aromatic N) is 5. The van der Waals surface area contributed by atoms with E-state index in [1.54, 1.807) is 19.5 Å². The molecule has 9 heteroatoms. The van der Waals surface area contributed by atoms with Crippen LogP contribution in [0.3, 0.4) is 0 Å². The Morgan fingerprint density at radius 3 is 2.48 bits per heavy atom. The number of aliphatic imine (C=N–C) groups is 1. The van der Waals surface area contributed by atoms with Gasteiger partial charge in [0.05, 0.1) is 12.1 Å². The van der Waals surface area contributed by atoms with Crippen LogP contribution in [0.5, 0.6) is 0 Å². The second-order valence-corrected chi connectivity index (χ2v) is 6.69. The number of methoxy groups -OCH3 is 1. The third-order valence-corrected chi connectivity index (χ3v) is 5.10. The van der Waals surface area contributed by atoms with Crippen LogP contribution >= 0.6 is 24.0 Å². The monoisotopic (exact) mass is 490 g/mol. The Balaban J connectivity index is 0.00000261. The van der Waals surface area contributed by atoms with Crippen molar-refractivity contribution in [2.75, 3.05) is 64.5 Å². The fraction of sp³-hybridized carbons (Fsp3) is 0.722. The number of hydrogen-bond acceptors (Lipinski definition) is 6. The van der Waals surface area contributed by atoms with Gasteiger partial charge in [-0.25, -0.2) is 9.97 Å². The standard InChI is InChI=1S/C18H30N6O2.HI/c1-3-19-16(22-15-18(25-2)5-13-26-14-6-18)23-9-11-24(12-10-23)17-20-7-4-8-21-17;/h4,7-8H,3,5-6,9-15H2,1-2H3,(H,19,22);1H. The van der Waals surface area contributed by atoms with Crippen LogP contribution in [0.1, 0.15) is 19.8 Å². The van der Waals surface area contributed by atoms with Gasteiger partial charge in [-0.15, -0.1) is 24.0 Å². The summed E-state index contributed by atoms with van der Waals surface area (Å²) in [5.74, 6) is 1.76. The number of anilines is 1. The highest BCUT2D eigenvalue weighted by atomic mass is 127. The lowest BCUT2D eigenvalue weighted by molar-refractivity contribution is -0.0829. The van der Waals surface area contributed by atoms with Crippen molar-refractivity contribution in [2.45, 2.75) is 25.4 Å². The molecule has 2 saturated heterocycles. The number of nitrogens with one attached hydrogen (secondary N) is 1. The highest BCUT2D eigenvalue weighted by molar-refractivity contribution is 14.0. The molecule has 0 amide bonds. The van der Waals surface area contributed by atoms with Crippen molar-refractivity contribution in [1.82, 2.24) is 20.2 Å². The summed E-state index contributed by atoms with van der Waals surface area (Å²) in [6.07, 6.45) is 5.37. The molecule has 2 aliphatic rings. The number of rotatable bonds is 5. The fourth-order valence-corrected chi connectivity index (χ4v) is 3.39. The van der Waals surface area contributed by atoms with Gasteiger partial charge in [0.2, 0.25) is 5.95 Å². The van der Waals surface area contributed by atoms with Crippen molar-refractivity contribution < 1.29 is 9.47 Å². The lowest BCUT2D eigenvalue weighted by Crippen LogP contribution is -2.53. The summed E-state index contributed by atoms with van der Waals surface area (Å²) in [7, 11) is 1.78. The van der Waals surface area contributed by atoms with Crippen molar-refractivity contribution in [3.63, 3.8) is 0 Å². The summed E-state index contributed by atoms with van der Waals surface area (Å²) < 4.78 is 11.3. The largest absolute Gasteiger partial charge is 0.381 e. The molecular weight excluding hydrogens is 459 g/mol. The van der Waals surface area contributed by atoms with E-state index in [1.807, 2.05) is 6.07 Å². The van der Waals surface area contributed by atoms with E-state index in [2.05, 4.69) is 32.0 Å². The maximum Gasteiger partial charge on any atom is 0.225 e.